The summed E-state index contributed by atoms with van der Waals surface area (Å²) < 4.78 is 25.0. The molecule has 1 heterocycles. The van der Waals surface area contributed by atoms with Crippen LogP contribution in [-0.2, 0) is 16.6 Å². The van der Waals surface area contributed by atoms with Gasteiger partial charge in [0.2, 0.25) is 10.0 Å². The Morgan fingerprint density at radius 3 is 1.97 bits per heavy atom. The van der Waals surface area contributed by atoms with Crippen LogP contribution in [0.3, 0.4) is 0 Å². The third-order valence-corrected chi connectivity index (χ3v) is 7.24. The predicted octanol–water partition coefficient (Wildman–Crippen LogP) is 3.28. The molecule has 1 N–H and O–H groups in total. The highest BCUT2D eigenvalue weighted by Crippen LogP contribution is 2.22. The van der Waals surface area contributed by atoms with Gasteiger partial charge < -0.3 is 5.32 Å². The number of hydrogen-bond donors (Lipinski definition) is 1. The standard InChI is InChI=1S/C26H29N3O3S/c1-33(31,32)29-17-15-28(16-18-29)20-21-9-8-14-24(19-21)26(30)27-25(22-10-4-2-5-11-22)23-12-6-3-7-13-23/h2-14,19,25H,15-18,20H2,1H3,(H,27,30). The van der Waals surface area contributed by atoms with Crippen molar-refractivity contribution in [1.29, 1.82) is 0 Å². The van der Waals surface area contributed by atoms with E-state index in [2.05, 4.69) is 10.2 Å². The molecule has 1 aliphatic rings. The Balaban J connectivity index is 1.46. The Kier molecular flexibility index (Phi) is 7.23. The van der Waals surface area contributed by atoms with Gasteiger partial charge in [-0.15, -0.1) is 0 Å². The largest absolute Gasteiger partial charge is 0.341 e. The summed E-state index contributed by atoms with van der Waals surface area (Å²) in [5.41, 5.74) is 3.69. The zero-order valence-corrected chi connectivity index (χ0v) is 19.5. The third kappa shape index (κ3) is 6.07. The minimum absolute atomic E-state index is 0.128. The van der Waals surface area contributed by atoms with E-state index in [9.17, 15) is 13.2 Å². The molecule has 3 aromatic rings. The van der Waals surface area contributed by atoms with Crippen LogP contribution in [-0.4, -0.2) is 56.0 Å². The Labute approximate surface area is 195 Å². The Hall–Kier alpha value is -3.00. The highest BCUT2D eigenvalue weighted by molar-refractivity contribution is 7.88. The molecule has 0 atom stereocenters. The van der Waals surface area contributed by atoms with E-state index in [1.807, 2.05) is 84.9 Å². The van der Waals surface area contributed by atoms with Crippen LogP contribution in [0.15, 0.2) is 84.9 Å². The summed E-state index contributed by atoms with van der Waals surface area (Å²) in [6.45, 7) is 3.02. The third-order valence-electron chi connectivity index (χ3n) is 5.94. The molecule has 7 heteroatoms. The van der Waals surface area contributed by atoms with Gasteiger partial charge in [0.25, 0.3) is 5.91 Å². The maximum absolute atomic E-state index is 13.2. The molecule has 172 valence electrons. The summed E-state index contributed by atoms with van der Waals surface area (Å²) in [4.78, 5) is 15.4. The number of amides is 1. The van der Waals surface area contributed by atoms with Crippen LogP contribution in [0.1, 0.15) is 33.1 Å². The van der Waals surface area contributed by atoms with Gasteiger partial charge in [-0.2, -0.15) is 4.31 Å². The Morgan fingerprint density at radius 2 is 1.42 bits per heavy atom. The highest BCUT2D eigenvalue weighted by Gasteiger charge is 2.23. The van der Waals surface area contributed by atoms with E-state index < -0.39 is 10.0 Å². The molecule has 6 nitrogen and oxygen atoms in total. The first-order valence-electron chi connectivity index (χ1n) is 11.1. The molecule has 1 saturated heterocycles. The van der Waals surface area contributed by atoms with Gasteiger partial charge in [-0.1, -0.05) is 72.8 Å². The molecule has 33 heavy (non-hydrogen) atoms. The molecule has 0 spiro atoms. The second-order valence-electron chi connectivity index (χ2n) is 8.37. The number of rotatable bonds is 7. The smallest absolute Gasteiger partial charge is 0.252 e. The summed E-state index contributed by atoms with van der Waals surface area (Å²) >= 11 is 0. The van der Waals surface area contributed by atoms with Crippen molar-refractivity contribution in [2.45, 2.75) is 12.6 Å². The van der Waals surface area contributed by atoms with Crippen molar-refractivity contribution in [3.05, 3.63) is 107 Å². The number of nitrogens with zero attached hydrogens (tertiary/aromatic N) is 2. The summed E-state index contributed by atoms with van der Waals surface area (Å²) in [5.74, 6) is -0.128. The zero-order chi connectivity index (χ0) is 23.3. The summed E-state index contributed by atoms with van der Waals surface area (Å²) in [7, 11) is -3.14. The van der Waals surface area contributed by atoms with Crippen LogP contribution in [0, 0.1) is 0 Å². The lowest BCUT2D eigenvalue weighted by molar-refractivity contribution is 0.0942. The second kappa shape index (κ2) is 10.3. The molecule has 1 amide bonds. The SMILES string of the molecule is CS(=O)(=O)N1CCN(Cc2cccc(C(=O)NC(c3ccccc3)c3ccccc3)c2)CC1. The van der Waals surface area contributed by atoms with Crippen molar-refractivity contribution < 1.29 is 13.2 Å². The normalized spacial score (nSPS) is 15.5. The van der Waals surface area contributed by atoms with Crippen molar-refractivity contribution in [1.82, 2.24) is 14.5 Å². The van der Waals surface area contributed by atoms with Crippen molar-refractivity contribution >= 4 is 15.9 Å². The van der Waals surface area contributed by atoms with Gasteiger partial charge in [0.15, 0.2) is 0 Å². The van der Waals surface area contributed by atoms with Crippen LogP contribution in [0.4, 0.5) is 0 Å². The fourth-order valence-corrected chi connectivity index (χ4v) is 4.98. The average Bonchev–Trinajstić information content (AvgIpc) is 2.83. The molecule has 0 radical (unpaired) electrons. The van der Waals surface area contributed by atoms with E-state index >= 15 is 0 Å². The molecule has 1 aliphatic heterocycles. The number of benzene rings is 3. The maximum atomic E-state index is 13.2. The number of hydrogen-bond acceptors (Lipinski definition) is 4. The molecule has 4 rings (SSSR count). The number of nitrogens with one attached hydrogen (secondary N) is 1. The van der Waals surface area contributed by atoms with E-state index in [0.29, 0.717) is 38.3 Å². The van der Waals surface area contributed by atoms with Crippen LogP contribution >= 0.6 is 0 Å². The minimum atomic E-state index is -3.14. The van der Waals surface area contributed by atoms with Gasteiger partial charge in [-0.05, 0) is 28.8 Å². The first-order valence-corrected chi connectivity index (χ1v) is 12.9. The van der Waals surface area contributed by atoms with Crippen LogP contribution in [0.25, 0.3) is 0 Å². The fraction of sp³-hybridized carbons (Fsp3) is 0.269. The lowest BCUT2D eigenvalue weighted by atomic mass is 9.98. The molecule has 0 aromatic heterocycles. The lowest BCUT2D eigenvalue weighted by Crippen LogP contribution is -2.47. The number of piperazine rings is 1. The quantitative estimate of drug-likeness (QED) is 0.584. The lowest BCUT2D eigenvalue weighted by Gasteiger charge is -2.33. The molecule has 1 fully saturated rings. The van der Waals surface area contributed by atoms with Gasteiger partial charge in [0, 0.05) is 38.3 Å². The Bertz CT molecular complexity index is 1140. The maximum Gasteiger partial charge on any atom is 0.252 e. The average molecular weight is 464 g/mol. The number of sulfonamides is 1. The van der Waals surface area contributed by atoms with Crippen molar-refractivity contribution in [3.63, 3.8) is 0 Å². The first kappa shape index (κ1) is 23.2. The van der Waals surface area contributed by atoms with Gasteiger partial charge in [-0.3, -0.25) is 9.69 Å². The van der Waals surface area contributed by atoms with Gasteiger partial charge in [0.05, 0.1) is 12.3 Å². The van der Waals surface area contributed by atoms with Crippen molar-refractivity contribution in [2.24, 2.45) is 0 Å². The van der Waals surface area contributed by atoms with Gasteiger partial charge in [-0.25, -0.2) is 8.42 Å². The number of carbonyl (C=O) groups excluding carboxylic acids is 1. The van der Waals surface area contributed by atoms with Crippen LogP contribution in [0.2, 0.25) is 0 Å². The first-order chi connectivity index (χ1) is 15.9. The summed E-state index contributed by atoms with van der Waals surface area (Å²) in [6, 6.07) is 27.3. The highest BCUT2D eigenvalue weighted by atomic mass is 32.2. The molecule has 0 bridgehead atoms. The predicted molar refractivity (Wildman–Crippen MR) is 130 cm³/mol. The molecule has 0 saturated carbocycles. The van der Waals surface area contributed by atoms with E-state index in [-0.39, 0.29) is 11.9 Å². The molecular weight excluding hydrogens is 434 g/mol. The van der Waals surface area contributed by atoms with Gasteiger partial charge in [0.1, 0.15) is 0 Å². The summed E-state index contributed by atoms with van der Waals surface area (Å²) in [6.07, 6.45) is 1.25. The zero-order valence-electron chi connectivity index (χ0n) is 18.7. The fourth-order valence-electron chi connectivity index (χ4n) is 4.15. The minimum Gasteiger partial charge on any atom is -0.341 e. The van der Waals surface area contributed by atoms with E-state index in [1.54, 1.807) is 0 Å². The second-order valence-corrected chi connectivity index (χ2v) is 10.3. The van der Waals surface area contributed by atoms with E-state index in [0.717, 1.165) is 16.7 Å². The van der Waals surface area contributed by atoms with Crippen molar-refractivity contribution in [3.8, 4) is 0 Å². The monoisotopic (exact) mass is 463 g/mol. The molecule has 0 aliphatic carbocycles. The molecule has 3 aromatic carbocycles. The summed E-state index contributed by atoms with van der Waals surface area (Å²) in [5, 5.41) is 3.19. The van der Waals surface area contributed by atoms with Crippen LogP contribution in [0.5, 0.6) is 0 Å². The van der Waals surface area contributed by atoms with Gasteiger partial charge >= 0.3 is 0 Å². The van der Waals surface area contributed by atoms with E-state index in [1.165, 1.54) is 10.6 Å². The number of carbonyl (C=O) groups is 1. The van der Waals surface area contributed by atoms with Crippen molar-refractivity contribution in [2.75, 3.05) is 32.4 Å². The van der Waals surface area contributed by atoms with E-state index in [4.69, 9.17) is 0 Å². The van der Waals surface area contributed by atoms with Crippen LogP contribution < -0.4 is 5.32 Å². The molecule has 0 unspecified atom stereocenters. The topological polar surface area (TPSA) is 69.7 Å². The Morgan fingerprint density at radius 1 is 0.848 bits per heavy atom. The molecular formula is C26H29N3O3S.